The van der Waals surface area contributed by atoms with Crippen molar-refractivity contribution in [3.63, 3.8) is 0 Å². The lowest BCUT2D eigenvalue weighted by Crippen LogP contribution is -2.20. The Balaban J connectivity index is 2.11. The second-order valence-electron chi connectivity index (χ2n) is 4.57. The fourth-order valence-corrected chi connectivity index (χ4v) is 1.81. The molecular formula is C12H11N5O6. The molecule has 2 aromatic rings. The number of nitro groups is 2. The van der Waals surface area contributed by atoms with E-state index in [9.17, 15) is 30.1 Å². The van der Waals surface area contributed by atoms with Crippen LogP contribution in [0.1, 0.15) is 5.69 Å². The number of anilines is 1. The minimum atomic E-state index is -0.683. The number of non-ortho nitro benzene ring substituents is 1. The van der Waals surface area contributed by atoms with Gasteiger partial charge in [0.25, 0.3) is 5.69 Å². The molecule has 11 heteroatoms. The Kier molecular flexibility index (Phi) is 4.21. The molecule has 0 aliphatic heterocycles. The Bertz CT molecular complexity index is 799. The van der Waals surface area contributed by atoms with Crippen molar-refractivity contribution in [2.24, 2.45) is 0 Å². The second-order valence-corrected chi connectivity index (χ2v) is 4.57. The Morgan fingerprint density at radius 2 is 2.00 bits per heavy atom. The number of nitro benzene ring substituents is 1. The van der Waals surface area contributed by atoms with E-state index in [-0.39, 0.29) is 23.7 Å². The summed E-state index contributed by atoms with van der Waals surface area (Å²) in [6, 6.07) is 4.43. The van der Waals surface area contributed by atoms with Gasteiger partial charge in [0.2, 0.25) is 5.91 Å². The molecular weight excluding hydrogens is 310 g/mol. The van der Waals surface area contributed by atoms with E-state index in [1.807, 2.05) is 0 Å². The van der Waals surface area contributed by atoms with Gasteiger partial charge in [-0.3, -0.25) is 14.9 Å². The molecule has 1 heterocycles. The molecule has 120 valence electrons. The maximum absolute atomic E-state index is 11.9. The average molecular weight is 321 g/mol. The van der Waals surface area contributed by atoms with Gasteiger partial charge >= 0.3 is 5.82 Å². The van der Waals surface area contributed by atoms with E-state index < -0.39 is 21.5 Å². The molecule has 0 saturated carbocycles. The monoisotopic (exact) mass is 321 g/mol. The molecule has 11 nitrogen and oxygen atoms in total. The average Bonchev–Trinajstić information content (AvgIpc) is 2.82. The van der Waals surface area contributed by atoms with Crippen molar-refractivity contribution in [1.29, 1.82) is 0 Å². The van der Waals surface area contributed by atoms with Gasteiger partial charge in [-0.05, 0) is 17.9 Å². The number of aromatic hydroxyl groups is 1. The molecule has 0 saturated heterocycles. The van der Waals surface area contributed by atoms with Crippen LogP contribution in [0, 0.1) is 27.2 Å². The lowest BCUT2D eigenvalue weighted by molar-refractivity contribution is -0.389. The number of aryl methyl sites for hydroxylation is 1. The third-order valence-corrected chi connectivity index (χ3v) is 2.91. The number of benzene rings is 1. The van der Waals surface area contributed by atoms with E-state index in [1.165, 1.54) is 12.1 Å². The van der Waals surface area contributed by atoms with Gasteiger partial charge in [-0.25, -0.2) is 0 Å². The SMILES string of the molecule is Cc1cc([N+](=O)[O-])nn1CC(=O)Nc1ccc([N+](=O)[O-])cc1O. The van der Waals surface area contributed by atoms with Gasteiger partial charge in [-0.1, -0.05) is 0 Å². The maximum Gasteiger partial charge on any atom is 0.390 e. The Hall–Kier alpha value is -3.50. The Morgan fingerprint density at radius 3 is 2.52 bits per heavy atom. The highest BCUT2D eigenvalue weighted by Crippen LogP contribution is 2.27. The highest BCUT2D eigenvalue weighted by atomic mass is 16.6. The van der Waals surface area contributed by atoms with Gasteiger partial charge in [0.15, 0.2) is 0 Å². The zero-order valence-corrected chi connectivity index (χ0v) is 11.8. The fraction of sp³-hybridized carbons (Fsp3) is 0.167. The molecule has 0 bridgehead atoms. The van der Waals surface area contributed by atoms with Crippen molar-refractivity contribution in [1.82, 2.24) is 9.78 Å². The number of carbonyl (C=O) groups is 1. The summed E-state index contributed by atoms with van der Waals surface area (Å²) in [5, 5.41) is 36.8. The zero-order chi connectivity index (χ0) is 17.1. The molecule has 0 spiro atoms. The number of hydrogen-bond donors (Lipinski definition) is 2. The van der Waals surface area contributed by atoms with Crippen molar-refractivity contribution in [2.45, 2.75) is 13.5 Å². The number of aromatic nitrogens is 2. The topological polar surface area (TPSA) is 153 Å². The molecule has 1 amide bonds. The second kappa shape index (κ2) is 6.09. The third kappa shape index (κ3) is 3.58. The summed E-state index contributed by atoms with van der Waals surface area (Å²) >= 11 is 0. The first-order valence-corrected chi connectivity index (χ1v) is 6.24. The first-order valence-electron chi connectivity index (χ1n) is 6.24. The van der Waals surface area contributed by atoms with Crippen LogP contribution in [0.5, 0.6) is 5.75 Å². The first-order chi connectivity index (χ1) is 10.8. The third-order valence-electron chi connectivity index (χ3n) is 2.91. The van der Waals surface area contributed by atoms with Gasteiger partial charge in [-0.2, -0.15) is 4.68 Å². The molecule has 0 radical (unpaired) electrons. The molecule has 0 unspecified atom stereocenters. The molecule has 1 aromatic carbocycles. The van der Waals surface area contributed by atoms with Crippen LogP contribution in [0.4, 0.5) is 17.2 Å². The van der Waals surface area contributed by atoms with Crippen molar-refractivity contribution >= 4 is 23.1 Å². The number of carbonyl (C=O) groups excluding carboxylic acids is 1. The largest absolute Gasteiger partial charge is 0.506 e. The number of phenols is 1. The lowest BCUT2D eigenvalue weighted by atomic mass is 10.2. The van der Waals surface area contributed by atoms with Crippen LogP contribution in [0.15, 0.2) is 24.3 Å². The summed E-state index contributed by atoms with van der Waals surface area (Å²) in [5.41, 5.74) is 0.0822. The first kappa shape index (κ1) is 15.9. The van der Waals surface area contributed by atoms with Gasteiger partial charge in [0, 0.05) is 6.07 Å². The van der Waals surface area contributed by atoms with Crippen LogP contribution in [-0.4, -0.2) is 30.6 Å². The molecule has 2 N–H and O–H groups in total. The molecule has 2 rings (SSSR count). The number of amides is 1. The van der Waals surface area contributed by atoms with E-state index in [4.69, 9.17) is 0 Å². The van der Waals surface area contributed by atoms with Crippen LogP contribution >= 0.6 is 0 Å². The fourth-order valence-electron chi connectivity index (χ4n) is 1.81. The van der Waals surface area contributed by atoms with Gasteiger partial charge in [-0.15, -0.1) is 0 Å². The predicted octanol–water partition coefficient (Wildman–Crippen LogP) is 1.35. The minimum absolute atomic E-state index is 0.0140. The van der Waals surface area contributed by atoms with E-state index >= 15 is 0 Å². The number of nitrogens with zero attached hydrogens (tertiary/aromatic N) is 4. The normalized spacial score (nSPS) is 10.3. The minimum Gasteiger partial charge on any atom is -0.506 e. The van der Waals surface area contributed by atoms with E-state index in [1.54, 1.807) is 6.92 Å². The van der Waals surface area contributed by atoms with Crippen LogP contribution in [0.2, 0.25) is 0 Å². The molecule has 1 aromatic heterocycles. The smallest absolute Gasteiger partial charge is 0.390 e. The summed E-state index contributed by atoms with van der Waals surface area (Å²) in [5.74, 6) is -1.44. The lowest BCUT2D eigenvalue weighted by Gasteiger charge is -2.06. The van der Waals surface area contributed by atoms with Gasteiger partial charge < -0.3 is 20.5 Å². The quantitative estimate of drug-likeness (QED) is 0.478. The van der Waals surface area contributed by atoms with Gasteiger partial charge in [0.05, 0.1) is 33.5 Å². The van der Waals surface area contributed by atoms with Crippen molar-refractivity contribution < 1.29 is 19.7 Å². The number of phenolic OH excluding ortho intramolecular Hbond substituents is 1. The summed E-state index contributed by atoms with van der Waals surface area (Å²) in [6.45, 7) is 1.24. The predicted molar refractivity (Wildman–Crippen MR) is 77.0 cm³/mol. The summed E-state index contributed by atoms with van der Waals surface area (Å²) in [4.78, 5) is 31.7. The number of hydrogen-bond acceptors (Lipinski definition) is 7. The van der Waals surface area contributed by atoms with E-state index in [0.29, 0.717) is 5.69 Å². The van der Waals surface area contributed by atoms with Gasteiger partial charge in [0.1, 0.15) is 12.3 Å². The van der Waals surface area contributed by atoms with Crippen LogP contribution in [-0.2, 0) is 11.3 Å². The van der Waals surface area contributed by atoms with Crippen molar-refractivity contribution in [3.05, 3.63) is 50.2 Å². The summed E-state index contributed by atoms with van der Waals surface area (Å²) in [7, 11) is 0. The summed E-state index contributed by atoms with van der Waals surface area (Å²) in [6.07, 6.45) is 0. The van der Waals surface area contributed by atoms with Crippen LogP contribution < -0.4 is 5.32 Å². The zero-order valence-electron chi connectivity index (χ0n) is 11.8. The maximum atomic E-state index is 11.9. The van der Waals surface area contributed by atoms with Crippen molar-refractivity contribution in [2.75, 3.05) is 5.32 Å². The molecule has 0 atom stereocenters. The highest BCUT2D eigenvalue weighted by Gasteiger charge is 2.18. The summed E-state index contributed by atoms with van der Waals surface area (Å²) < 4.78 is 1.13. The van der Waals surface area contributed by atoms with Crippen LogP contribution in [0.3, 0.4) is 0 Å². The van der Waals surface area contributed by atoms with Crippen LogP contribution in [0.25, 0.3) is 0 Å². The Morgan fingerprint density at radius 1 is 1.30 bits per heavy atom. The standard InChI is InChI=1S/C12H11N5O6/c1-7-4-11(17(22)23)14-15(7)6-12(19)13-9-3-2-8(16(20)21)5-10(9)18/h2-5,18H,6H2,1H3,(H,13,19). The number of rotatable bonds is 5. The molecule has 23 heavy (non-hydrogen) atoms. The van der Waals surface area contributed by atoms with E-state index in [0.717, 1.165) is 16.8 Å². The molecule has 0 aliphatic rings. The highest BCUT2D eigenvalue weighted by molar-refractivity contribution is 5.92. The molecule has 0 aliphatic carbocycles. The molecule has 0 fully saturated rings. The Labute approximate surface area is 128 Å². The van der Waals surface area contributed by atoms with E-state index in [2.05, 4.69) is 10.4 Å². The van der Waals surface area contributed by atoms with Crippen molar-refractivity contribution in [3.8, 4) is 5.75 Å². The number of nitrogens with one attached hydrogen (secondary N) is 1.